The van der Waals surface area contributed by atoms with E-state index in [0.29, 0.717) is 25.7 Å². The quantitative estimate of drug-likeness (QED) is 0.0940. The predicted octanol–water partition coefficient (Wildman–Crippen LogP) is 0.260. The number of allylic oxidation sites excluding steroid dienone is 2. The Balaban J connectivity index is 1.18. The highest BCUT2D eigenvalue weighted by Crippen LogP contribution is 2.76. The fourth-order valence-electron chi connectivity index (χ4n) is 13.6. The van der Waals surface area contributed by atoms with Crippen LogP contribution in [0.5, 0.6) is 0 Å². The molecule has 326 valence electrons. The van der Waals surface area contributed by atoms with Gasteiger partial charge >= 0.3 is 5.97 Å². The first kappa shape index (κ1) is 43.8. The SMILES string of the molecule is CC1(C)C[C@H]2C3=CC[C@@H]4[C@@]5(C)CC[C@H](O[C@@H]6O[C@H](CO)[C@@H](O)[C@H](O)[C@H]6O)[C@@](C)(CO)[C@@H]5CC[C@@]4(C)[C@]3(C)CC[C@@]2(C(=O)O[C@@H]2O[C@H](CO)[C@@H](O)[C@H](O)[C@H]2O)C[C@@H]1O. The average molecular weight is 813 g/mol. The van der Waals surface area contributed by atoms with Gasteiger partial charge in [0.2, 0.25) is 6.29 Å². The van der Waals surface area contributed by atoms with E-state index in [9.17, 15) is 55.9 Å². The number of hydrogen-bond donors (Lipinski definition) is 10. The lowest BCUT2D eigenvalue weighted by Crippen LogP contribution is -2.67. The summed E-state index contributed by atoms with van der Waals surface area (Å²) in [6.07, 6.45) is -8.68. The summed E-state index contributed by atoms with van der Waals surface area (Å²) in [6.45, 7) is 11.6. The summed E-state index contributed by atoms with van der Waals surface area (Å²) in [5.41, 5.74) is -2.08. The van der Waals surface area contributed by atoms with Gasteiger partial charge < -0.3 is 70.0 Å². The zero-order valence-corrected chi connectivity index (χ0v) is 34.2. The number of carbonyl (C=O) groups excluding carboxylic acids is 1. The maximum absolute atomic E-state index is 14.6. The number of carbonyl (C=O) groups is 1. The number of esters is 1. The molecule has 4 saturated carbocycles. The molecule has 6 fully saturated rings. The second-order valence-electron chi connectivity index (χ2n) is 20.5. The van der Waals surface area contributed by atoms with Gasteiger partial charge in [-0.1, -0.05) is 53.2 Å². The van der Waals surface area contributed by atoms with Crippen molar-refractivity contribution in [3.63, 3.8) is 0 Å². The van der Waals surface area contributed by atoms with E-state index in [-0.39, 0.29) is 47.0 Å². The highest BCUT2D eigenvalue weighted by atomic mass is 16.7. The molecule has 0 aromatic carbocycles. The normalized spacial score (nSPS) is 54.7. The molecule has 10 N–H and O–H groups in total. The van der Waals surface area contributed by atoms with Crippen LogP contribution in [0.15, 0.2) is 11.6 Å². The maximum atomic E-state index is 14.6. The van der Waals surface area contributed by atoms with E-state index in [1.165, 1.54) is 5.57 Å². The predicted molar refractivity (Wildman–Crippen MR) is 200 cm³/mol. The van der Waals surface area contributed by atoms with Crippen molar-refractivity contribution in [2.24, 2.45) is 50.2 Å². The zero-order chi connectivity index (χ0) is 41.8. The topological polar surface area (TPSA) is 256 Å². The van der Waals surface area contributed by atoms with E-state index in [4.69, 9.17) is 18.9 Å². The molecule has 0 radical (unpaired) electrons. The molecule has 5 aliphatic carbocycles. The Morgan fingerprint density at radius 3 is 1.91 bits per heavy atom. The Kier molecular flexibility index (Phi) is 11.5. The Bertz CT molecular complexity index is 1540. The van der Waals surface area contributed by atoms with Gasteiger partial charge in [-0.25, -0.2) is 0 Å². The van der Waals surface area contributed by atoms with E-state index in [1.54, 1.807) is 0 Å². The minimum atomic E-state index is -1.74. The Morgan fingerprint density at radius 2 is 1.32 bits per heavy atom. The molecule has 2 aliphatic heterocycles. The summed E-state index contributed by atoms with van der Waals surface area (Å²) >= 11 is 0. The smallest absolute Gasteiger partial charge is 0.315 e. The molecular weight excluding hydrogens is 744 g/mol. The Morgan fingerprint density at radius 1 is 0.719 bits per heavy atom. The van der Waals surface area contributed by atoms with Gasteiger partial charge in [0.1, 0.15) is 48.8 Å². The first-order valence-corrected chi connectivity index (χ1v) is 21.1. The summed E-state index contributed by atoms with van der Waals surface area (Å²) in [4.78, 5) is 14.6. The van der Waals surface area contributed by atoms with Crippen molar-refractivity contribution >= 4 is 5.97 Å². The van der Waals surface area contributed by atoms with Crippen LogP contribution < -0.4 is 0 Å². The van der Waals surface area contributed by atoms with E-state index >= 15 is 0 Å². The number of aliphatic hydroxyl groups is 10. The summed E-state index contributed by atoms with van der Waals surface area (Å²) < 4.78 is 23.7. The molecule has 57 heavy (non-hydrogen) atoms. The van der Waals surface area contributed by atoms with Crippen LogP contribution in [0.1, 0.15) is 99.3 Å². The molecule has 7 rings (SSSR count). The maximum Gasteiger partial charge on any atom is 0.315 e. The van der Waals surface area contributed by atoms with Crippen LogP contribution in [-0.4, -0.2) is 150 Å². The second kappa shape index (κ2) is 14.9. The minimum Gasteiger partial charge on any atom is -0.432 e. The van der Waals surface area contributed by atoms with Gasteiger partial charge in [-0.3, -0.25) is 4.79 Å². The highest BCUT2D eigenvalue weighted by Gasteiger charge is 2.71. The molecule has 0 aromatic rings. The Hall–Kier alpha value is -1.31. The molecule has 0 spiro atoms. The fraction of sp³-hybridized carbons (Fsp3) is 0.929. The molecule has 2 saturated heterocycles. The molecule has 15 nitrogen and oxygen atoms in total. The van der Waals surface area contributed by atoms with Crippen LogP contribution in [0.4, 0.5) is 0 Å². The van der Waals surface area contributed by atoms with Crippen LogP contribution in [0, 0.1) is 50.2 Å². The standard InChI is InChI=1S/C42H68O15/c1-37(2)15-21-20-7-8-25-38(3)11-10-27(56-34-32(51)30(49)28(47)22(17-43)54-34)39(4,19-45)24(38)9-12-41(25,6)40(20,5)13-14-42(21,16-26(37)46)36(53)57-35-33(52)31(50)29(48)23(18-44)55-35/h7,21-35,43-52H,8-19H2,1-6H3/t21-,22+,23+,24+,25+,26-,27-,28+,29+,30-,31-,32+,33+,34-,35-,38-,39-,40+,41+,42+/m0/s1. The number of hydrogen-bond acceptors (Lipinski definition) is 15. The van der Waals surface area contributed by atoms with Gasteiger partial charge in [0.25, 0.3) is 0 Å². The van der Waals surface area contributed by atoms with Gasteiger partial charge in [-0.05, 0) is 97.2 Å². The second-order valence-corrected chi connectivity index (χ2v) is 20.5. The van der Waals surface area contributed by atoms with E-state index in [2.05, 4.69) is 26.8 Å². The van der Waals surface area contributed by atoms with Crippen molar-refractivity contribution in [2.45, 2.75) is 173 Å². The first-order valence-electron chi connectivity index (χ1n) is 21.1. The van der Waals surface area contributed by atoms with Gasteiger partial charge in [-0.2, -0.15) is 0 Å². The average Bonchev–Trinajstić information content (AvgIpc) is 3.17. The molecule has 20 atom stereocenters. The number of rotatable bonds is 7. The van der Waals surface area contributed by atoms with Gasteiger partial charge in [-0.15, -0.1) is 0 Å². The lowest BCUT2D eigenvalue weighted by atomic mass is 9.33. The van der Waals surface area contributed by atoms with E-state index < -0.39 is 109 Å². The van der Waals surface area contributed by atoms with E-state index in [0.717, 1.165) is 25.7 Å². The molecule has 0 aromatic heterocycles. The molecule has 0 unspecified atom stereocenters. The minimum absolute atomic E-state index is 0.00946. The lowest BCUT2D eigenvalue weighted by Gasteiger charge is -2.71. The summed E-state index contributed by atoms with van der Waals surface area (Å²) in [7, 11) is 0. The third-order valence-corrected chi connectivity index (χ3v) is 17.5. The van der Waals surface area contributed by atoms with Crippen molar-refractivity contribution < 1.29 is 74.8 Å². The van der Waals surface area contributed by atoms with Crippen LogP contribution >= 0.6 is 0 Å². The van der Waals surface area contributed by atoms with Crippen LogP contribution in [0.25, 0.3) is 0 Å². The number of fused-ring (bicyclic) bond motifs is 7. The van der Waals surface area contributed by atoms with Crippen LogP contribution in [0.3, 0.4) is 0 Å². The zero-order valence-electron chi connectivity index (χ0n) is 34.2. The fourth-order valence-corrected chi connectivity index (χ4v) is 13.6. The molecule has 2 heterocycles. The monoisotopic (exact) mass is 812 g/mol. The van der Waals surface area contributed by atoms with Crippen molar-refractivity contribution in [2.75, 3.05) is 19.8 Å². The lowest BCUT2D eigenvalue weighted by molar-refractivity contribution is -0.333. The Labute approximate surface area is 335 Å². The summed E-state index contributed by atoms with van der Waals surface area (Å²) in [5.74, 6) is -0.753. The van der Waals surface area contributed by atoms with Gasteiger partial charge in [0.15, 0.2) is 6.29 Å². The summed E-state index contributed by atoms with van der Waals surface area (Å²) in [5, 5.41) is 105. The van der Waals surface area contributed by atoms with Crippen molar-refractivity contribution in [1.29, 1.82) is 0 Å². The third-order valence-electron chi connectivity index (χ3n) is 17.5. The molecule has 0 amide bonds. The van der Waals surface area contributed by atoms with Crippen LogP contribution in [0.2, 0.25) is 0 Å². The largest absolute Gasteiger partial charge is 0.432 e. The van der Waals surface area contributed by atoms with Crippen molar-refractivity contribution in [3.8, 4) is 0 Å². The molecule has 7 aliphatic rings. The third kappa shape index (κ3) is 6.35. The number of aliphatic hydroxyl groups excluding tert-OH is 10. The summed E-state index contributed by atoms with van der Waals surface area (Å²) in [6, 6.07) is 0. The number of ether oxygens (including phenoxy) is 4. The van der Waals surface area contributed by atoms with Crippen molar-refractivity contribution in [3.05, 3.63) is 11.6 Å². The van der Waals surface area contributed by atoms with Crippen LogP contribution in [-0.2, 0) is 23.7 Å². The highest BCUT2D eigenvalue weighted by molar-refractivity contribution is 5.79. The molecular formula is C42H68O15. The molecule has 15 heteroatoms. The first-order chi connectivity index (χ1) is 26.6. The van der Waals surface area contributed by atoms with E-state index in [1.807, 2.05) is 20.8 Å². The van der Waals surface area contributed by atoms with Gasteiger partial charge in [0, 0.05) is 5.41 Å². The van der Waals surface area contributed by atoms with Gasteiger partial charge in [0.05, 0.1) is 37.4 Å². The van der Waals surface area contributed by atoms with Crippen molar-refractivity contribution in [1.82, 2.24) is 0 Å². The molecule has 0 bridgehead atoms.